The molecular formula is C16H15NO7. The van der Waals surface area contributed by atoms with Crippen LogP contribution in [0.3, 0.4) is 0 Å². The standard InChI is InChI=1S/C16H15NO7/c1-8(18)11-12(9-4-6-10(7-5-9)17(21)22)16(11)13(19)23-15(2,3)24-14(16)20/h4-7,11-12H,1-3H3/t11-,12+/m0/s1. The van der Waals surface area contributed by atoms with E-state index in [0.717, 1.165) is 0 Å². The molecule has 1 spiro atoms. The van der Waals surface area contributed by atoms with Crippen LogP contribution < -0.4 is 0 Å². The van der Waals surface area contributed by atoms with Crippen LogP contribution in [0.25, 0.3) is 0 Å². The number of nitro groups is 1. The Hall–Kier alpha value is -2.77. The quantitative estimate of drug-likeness (QED) is 0.358. The summed E-state index contributed by atoms with van der Waals surface area (Å²) >= 11 is 0. The zero-order valence-electron chi connectivity index (χ0n) is 13.3. The van der Waals surface area contributed by atoms with E-state index in [1.807, 2.05) is 0 Å². The molecule has 0 bridgehead atoms. The maximum atomic E-state index is 12.5. The average Bonchev–Trinajstić information content (AvgIpc) is 3.16. The molecule has 1 heterocycles. The van der Waals surface area contributed by atoms with Crippen LogP contribution in [0.2, 0.25) is 0 Å². The Bertz CT molecular complexity index is 745. The van der Waals surface area contributed by atoms with Crippen LogP contribution >= 0.6 is 0 Å². The van der Waals surface area contributed by atoms with Crippen molar-refractivity contribution in [2.75, 3.05) is 0 Å². The number of rotatable bonds is 3. The topological polar surface area (TPSA) is 113 Å². The minimum absolute atomic E-state index is 0.122. The van der Waals surface area contributed by atoms with E-state index < -0.39 is 39.9 Å². The van der Waals surface area contributed by atoms with E-state index in [1.165, 1.54) is 45.0 Å². The average molecular weight is 333 g/mol. The molecule has 0 unspecified atom stereocenters. The van der Waals surface area contributed by atoms with Gasteiger partial charge in [-0.25, -0.2) is 0 Å². The molecule has 0 amide bonds. The Balaban J connectivity index is 2.02. The molecule has 0 radical (unpaired) electrons. The van der Waals surface area contributed by atoms with Crippen LogP contribution in [0.5, 0.6) is 0 Å². The lowest BCUT2D eigenvalue weighted by Gasteiger charge is -2.33. The van der Waals surface area contributed by atoms with Crippen molar-refractivity contribution >= 4 is 23.4 Å². The molecule has 1 aliphatic heterocycles. The Morgan fingerprint density at radius 1 is 1.12 bits per heavy atom. The molecule has 1 saturated heterocycles. The van der Waals surface area contributed by atoms with E-state index in [1.54, 1.807) is 0 Å². The highest BCUT2D eigenvalue weighted by atomic mass is 16.7. The van der Waals surface area contributed by atoms with E-state index in [-0.39, 0.29) is 11.5 Å². The molecule has 24 heavy (non-hydrogen) atoms. The fourth-order valence-corrected chi connectivity index (χ4v) is 3.43. The summed E-state index contributed by atoms with van der Waals surface area (Å²) in [5.41, 5.74) is -1.34. The number of ketones is 1. The second kappa shape index (κ2) is 4.86. The number of benzene rings is 1. The normalized spacial score (nSPS) is 26.5. The highest BCUT2D eigenvalue weighted by Crippen LogP contribution is 2.68. The van der Waals surface area contributed by atoms with Gasteiger partial charge in [-0.3, -0.25) is 24.5 Å². The first kappa shape index (κ1) is 16.1. The SMILES string of the molecule is CC(=O)[C@H]1[C@@H](c2ccc([N+](=O)[O-])cc2)C12C(=O)OC(C)(C)OC2=O. The first-order valence-electron chi connectivity index (χ1n) is 7.33. The second-order valence-corrected chi connectivity index (χ2v) is 6.46. The zero-order valence-corrected chi connectivity index (χ0v) is 13.3. The number of hydrogen-bond acceptors (Lipinski definition) is 7. The van der Waals surface area contributed by atoms with Crippen molar-refractivity contribution in [1.29, 1.82) is 0 Å². The molecule has 3 rings (SSSR count). The van der Waals surface area contributed by atoms with E-state index in [0.29, 0.717) is 5.56 Å². The summed E-state index contributed by atoms with van der Waals surface area (Å²) in [7, 11) is 0. The minimum atomic E-state index is -1.70. The molecule has 1 aromatic carbocycles. The van der Waals surface area contributed by atoms with Crippen LogP contribution in [0.4, 0.5) is 5.69 Å². The van der Waals surface area contributed by atoms with Gasteiger partial charge < -0.3 is 9.47 Å². The molecule has 2 fully saturated rings. The summed E-state index contributed by atoms with van der Waals surface area (Å²) in [6.45, 7) is 4.15. The maximum absolute atomic E-state index is 12.5. The predicted molar refractivity (Wildman–Crippen MR) is 78.7 cm³/mol. The summed E-state index contributed by atoms with van der Waals surface area (Å²) in [6, 6.07) is 5.41. The van der Waals surface area contributed by atoms with Crippen molar-refractivity contribution in [2.45, 2.75) is 32.5 Å². The molecule has 8 nitrogen and oxygen atoms in total. The van der Waals surface area contributed by atoms with Gasteiger partial charge in [-0.1, -0.05) is 12.1 Å². The summed E-state index contributed by atoms with van der Waals surface area (Å²) in [5.74, 6) is -4.96. The molecule has 2 aliphatic rings. The number of cyclic esters (lactones) is 2. The van der Waals surface area contributed by atoms with Crippen molar-refractivity contribution in [3.05, 3.63) is 39.9 Å². The first-order chi connectivity index (χ1) is 11.1. The molecule has 0 aromatic heterocycles. The number of Topliss-reactive ketones (excluding diaryl/α,β-unsaturated/α-hetero) is 1. The highest BCUT2D eigenvalue weighted by Gasteiger charge is 2.81. The Morgan fingerprint density at radius 2 is 1.62 bits per heavy atom. The van der Waals surface area contributed by atoms with Crippen molar-refractivity contribution in [2.24, 2.45) is 11.3 Å². The van der Waals surface area contributed by atoms with Gasteiger partial charge >= 0.3 is 11.9 Å². The Labute approximate surface area is 136 Å². The lowest BCUT2D eigenvalue weighted by Crippen LogP contribution is -2.49. The second-order valence-electron chi connectivity index (χ2n) is 6.46. The highest BCUT2D eigenvalue weighted by molar-refractivity contribution is 6.13. The third kappa shape index (κ3) is 2.10. The zero-order chi connectivity index (χ0) is 17.9. The van der Waals surface area contributed by atoms with Gasteiger partial charge in [0.15, 0.2) is 5.41 Å². The van der Waals surface area contributed by atoms with Crippen LogP contribution in [0.15, 0.2) is 24.3 Å². The number of esters is 2. The molecule has 1 saturated carbocycles. The Kier molecular flexibility index (Phi) is 3.26. The molecule has 1 aliphatic carbocycles. The van der Waals surface area contributed by atoms with Gasteiger partial charge in [0.1, 0.15) is 5.78 Å². The number of hydrogen-bond donors (Lipinski definition) is 0. The third-order valence-electron chi connectivity index (χ3n) is 4.46. The van der Waals surface area contributed by atoms with Crippen LogP contribution in [0, 0.1) is 21.4 Å². The van der Waals surface area contributed by atoms with Crippen LogP contribution in [-0.4, -0.2) is 28.4 Å². The largest absolute Gasteiger partial charge is 0.422 e. The van der Waals surface area contributed by atoms with E-state index >= 15 is 0 Å². The number of nitrogens with zero attached hydrogens (tertiary/aromatic N) is 1. The van der Waals surface area contributed by atoms with Gasteiger partial charge in [0.2, 0.25) is 0 Å². The van der Waals surface area contributed by atoms with Crippen LogP contribution in [0.1, 0.15) is 32.3 Å². The molecule has 126 valence electrons. The lowest BCUT2D eigenvalue weighted by atomic mass is 9.97. The summed E-state index contributed by atoms with van der Waals surface area (Å²) in [5, 5.41) is 10.7. The van der Waals surface area contributed by atoms with Gasteiger partial charge in [-0.15, -0.1) is 0 Å². The summed E-state index contributed by atoms with van der Waals surface area (Å²) < 4.78 is 10.3. The monoisotopic (exact) mass is 333 g/mol. The smallest absolute Gasteiger partial charge is 0.328 e. The van der Waals surface area contributed by atoms with Crippen molar-refractivity contribution in [1.82, 2.24) is 0 Å². The van der Waals surface area contributed by atoms with Gasteiger partial charge in [0, 0.05) is 31.9 Å². The van der Waals surface area contributed by atoms with Gasteiger partial charge in [0.25, 0.3) is 11.5 Å². The Morgan fingerprint density at radius 3 is 2.04 bits per heavy atom. The minimum Gasteiger partial charge on any atom is -0.422 e. The molecule has 0 N–H and O–H groups in total. The fourth-order valence-electron chi connectivity index (χ4n) is 3.43. The van der Waals surface area contributed by atoms with Crippen molar-refractivity contribution in [3.63, 3.8) is 0 Å². The number of ether oxygens (including phenoxy) is 2. The molecule has 2 atom stereocenters. The number of carbonyl (C=O) groups is 3. The summed E-state index contributed by atoms with van der Waals surface area (Å²) in [6.07, 6.45) is 0. The molecule has 8 heteroatoms. The van der Waals surface area contributed by atoms with E-state index in [4.69, 9.17) is 9.47 Å². The maximum Gasteiger partial charge on any atom is 0.328 e. The lowest BCUT2D eigenvalue weighted by molar-refractivity contribution is -0.384. The van der Waals surface area contributed by atoms with Crippen LogP contribution in [-0.2, 0) is 23.9 Å². The molecule has 1 aromatic rings. The molecular weight excluding hydrogens is 318 g/mol. The number of nitro benzene ring substituents is 1. The van der Waals surface area contributed by atoms with Gasteiger partial charge in [0.05, 0.1) is 10.8 Å². The number of carbonyl (C=O) groups excluding carboxylic acids is 3. The van der Waals surface area contributed by atoms with Crippen molar-refractivity contribution in [3.8, 4) is 0 Å². The van der Waals surface area contributed by atoms with Gasteiger partial charge in [-0.2, -0.15) is 0 Å². The summed E-state index contributed by atoms with van der Waals surface area (Å²) in [4.78, 5) is 47.1. The van der Waals surface area contributed by atoms with E-state index in [9.17, 15) is 24.5 Å². The number of non-ortho nitro benzene ring substituents is 1. The fraction of sp³-hybridized carbons (Fsp3) is 0.438. The van der Waals surface area contributed by atoms with Crippen molar-refractivity contribution < 1.29 is 28.8 Å². The predicted octanol–water partition coefficient (Wildman–Crippen LogP) is 1.72. The van der Waals surface area contributed by atoms with E-state index in [2.05, 4.69) is 0 Å². The van der Waals surface area contributed by atoms with Gasteiger partial charge in [-0.05, 0) is 12.5 Å². The third-order valence-corrected chi connectivity index (χ3v) is 4.46. The first-order valence-corrected chi connectivity index (χ1v) is 7.33.